The maximum Gasteiger partial charge on any atom is 0.220 e. The summed E-state index contributed by atoms with van der Waals surface area (Å²) < 4.78 is 0. The van der Waals surface area contributed by atoms with Crippen LogP contribution in [0.4, 0.5) is 0 Å². The van der Waals surface area contributed by atoms with Gasteiger partial charge in [-0.05, 0) is 103 Å². The fourth-order valence-corrected chi connectivity index (χ4v) is 10.3. The Morgan fingerprint density at radius 3 is 2.54 bits per heavy atom. The van der Waals surface area contributed by atoms with Gasteiger partial charge in [0.25, 0.3) is 0 Å². The Labute approximate surface area is 215 Å². The van der Waals surface area contributed by atoms with Crippen LogP contribution in [0.25, 0.3) is 0 Å². The molecule has 5 heteroatoms. The van der Waals surface area contributed by atoms with E-state index in [1.807, 2.05) is 0 Å². The van der Waals surface area contributed by atoms with Gasteiger partial charge in [0.05, 0.1) is 6.04 Å². The van der Waals surface area contributed by atoms with Gasteiger partial charge in [0.15, 0.2) is 0 Å². The zero-order chi connectivity index (χ0) is 25.1. The van der Waals surface area contributed by atoms with E-state index in [0.717, 1.165) is 32.1 Å². The average Bonchev–Trinajstić information content (AvgIpc) is 3.37. The largest absolute Gasteiger partial charge is 0.349 e. The molecule has 5 rings (SSSR count). The number of amides is 1. The second kappa shape index (κ2) is 9.11. The molecule has 1 aromatic heterocycles. The highest BCUT2D eigenvalue weighted by molar-refractivity contribution is 7.10. The van der Waals surface area contributed by atoms with E-state index in [1.54, 1.807) is 11.3 Å². The van der Waals surface area contributed by atoms with E-state index in [9.17, 15) is 14.4 Å². The van der Waals surface area contributed by atoms with Crippen LogP contribution < -0.4 is 5.32 Å². The van der Waals surface area contributed by atoms with E-state index >= 15 is 0 Å². The molecule has 1 unspecified atom stereocenters. The van der Waals surface area contributed by atoms with Crippen molar-refractivity contribution in [1.29, 1.82) is 0 Å². The van der Waals surface area contributed by atoms with Gasteiger partial charge < -0.3 is 5.32 Å². The van der Waals surface area contributed by atoms with Crippen molar-refractivity contribution >= 4 is 28.8 Å². The van der Waals surface area contributed by atoms with Crippen molar-refractivity contribution < 1.29 is 14.4 Å². The maximum absolute atomic E-state index is 13.6. The van der Waals surface area contributed by atoms with Gasteiger partial charge in [-0.1, -0.05) is 20.8 Å². The fourth-order valence-electron chi connectivity index (χ4n) is 9.33. The first-order valence-corrected chi connectivity index (χ1v) is 14.8. The molecule has 0 radical (unpaired) electrons. The minimum Gasteiger partial charge on any atom is -0.349 e. The summed E-state index contributed by atoms with van der Waals surface area (Å²) in [4.78, 5) is 40.0. The number of hydrogen-bond donors (Lipinski definition) is 1. The average molecular weight is 498 g/mol. The number of carbonyl (C=O) groups excluding carboxylic acids is 3. The molecule has 4 aliphatic rings. The lowest BCUT2D eigenvalue weighted by molar-refractivity contribution is -0.159. The third-order valence-corrected chi connectivity index (χ3v) is 12.4. The predicted molar refractivity (Wildman–Crippen MR) is 140 cm³/mol. The molecule has 9 atom stereocenters. The summed E-state index contributed by atoms with van der Waals surface area (Å²) in [6, 6.07) is 2.16. The van der Waals surface area contributed by atoms with Crippen molar-refractivity contribution in [1.82, 2.24) is 5.32 Å². The highest BCUT2D eigenvalue weighted by Crippen LogP contribution is 2.67. The molecule has 1 amide bonds. The van der Waals surface area contributed by atoms with Gasteiger partial charge in [0.2, 0.25) is 5.91 Å². The lowest BCUT2D eigenvalue weighted by atomic mass is 9.44. The molecule has 192 valence electrons. The topological polar surface area (TPSA) is 63.2 Å². The zero-order valence-corrected chi connectivity index (χ0v) is 23.0. The molecule has 1 aromatic rings. The fraction of sp³-hybridized carbons (Fsp3) is 0.767. The Morgan fingerprint density at radius 2 is 1.83 bits per heavy atom. The van der Waals surface area contributed by atoms with Gasteiger partial charge in [-0.2, -0.15) is 0 Å². The van der Waals surface area contributed by atoms with Crippen molar-refractivity contribution in [2.75, 3.05) is 0 Å². The highest BCUT2D eigenvalue weighted by Gasteiger charge is 2.63. The van der Waals surface area contributed by atoms with Gasteiger partial charge in [-0.25, -0.2) is 0 Å². The molecule has 4 nitrogen and oxygen atoms in total. The second-order valence-corrected chi connectivity index (χ2v) is 14.0. The Kier molecular flexibility index (Phi) is 6.56. The van der Waals surface area contributed by atoms with Crippen LogP contribution in [0.5, 0.6) is 0 Å². The third kappa shape index (κ3) is 4.14. The molecule has 0 spiro atoms. The molecule has 0 aliphatic heterocycles. The normalized spacial score (nSPS) is 40.4. The lowest BCUT2D eigenvalue weighted by Crippen LogP contribution is -2.57. The standard InChI is InChI=1S/C30H43NO3S/c1-17-10-13-35-28(17)19(3)31-26(34)14-18(2)22-6-7-23-27-24(9-12-30(22,23)5)29(4)11-8-21(32)15-20(29)16-25(27)33/h10,13,18-20,22-24,27H,6-9,11-12,14-16H2,1-5H3,(H,31,34)/t18-,19?,20+,22-,23+,24+,27+,29+,30-/m1/s1. The minimum atomic E-state index is 0.0491. The molecule has 0 saturated heterocycles. The molecule has 1 N–H and O–H groups in total. The molecule has 0 aromatic carbocycles. The predicted octanol–water partition coefficient (Wildman–Crippen LogP) is 6.67. The summed E-state index contributed by atoms with van der Waals surface area (Å²) in [5.41, 5.74) is 1.53. The summed E-state index contributed by atoms with van der Waals surface area (Å²) in [5, 5.41) is 5.33. The number of rotatable bonds is 5. The third-order valence-electron chi connectivity index (χ3n) is 11.2. The van der Waals surface area contributed by atoms with Crippen LogP contribution in [-0.2, 0) is 14.4 Å². The molecule has 4 saturated carbocycles. The van der Waals surface area contributed by atoms with Gasteiger partial charge in [0.1, 0.15) is 11.6 Å². The van der Waals surface area contributed by atoms with Gasteiger partial charge in [-0.15, -0.1) is 11.3 Å². The molecule has 4 aliphatic carbocycles. The van der Waals surface area contributed by atoms with E-state index in [2.05, 4.69) is 51.4 Å². The van der Waals surface area contributed by atoms with Crippen LogP contribution >= 0.6 is 11.3 Å². The Bertz CT molecular complexity index is 1010. The minimum absolute atomic E-state index is 0.0491. The summed E-state index contributed by atoms with van der Waals surface area (Å²) in [5.74, 6) is 3.04. The van der Waals surface area contributed by atoms with Crippen molar-refractivity contribution in [2.45, 2.75) is 98.4 Å². The summed E-state index contributed by atoms with van der Waals surface area (Å²) in [7, 11) is 0. The second-order valence-electron chi connectivity index (χ2n) is 13.0. The number of carbonyl (C=O) groups is 3. The quantitative estimate of drug-likeness (QED) is 0.494. The molecular weight excluding hydrogens is 454 g/mol. The first-order chi connectivity index (χ1) is 16.5. The molecule has 1 heterocycles. The molecule has 0 bridgehead atoms. The monoisotopic (exact) mass is 497 g/mol. The van der Waals surface area contributed by atoms with Crippen molar-refractivity contribution in [2.24, 2.45) is 46.3 Å². The SMILES string of the molecule is Cc1ccsc1C(C)NC(=O)C[C@@H](C)[C@H]1CC[C@H]2[C@@H]3C(=O)C[C@@H]4CC(=O)CC[C@]4(C)[C@H]3CC[C@]12C. The number of fused-ring (bicyclic) bond motifs is 5. The van der Waals surface area contributed by atoms with E-state index in [4.69, 9.17) is 0 Å². The molecular formula is C30H43NO3S. The van der Waals surface area contributed by atoms with Crippen LogP contribution in [-0.4, -0.2) is 17.5 Å². The van der Waals surface area contributed by atoms with E-state index < -0.39 is 0 Å². The van der Waals surface area contributed by atoms with Crippen molar-refractivity contribution in [3.63, 3.8) is 0 Å². The smallest absolute Gasteiger partial charge is 0.220 e. The number of ketones is 2. The summed E-state index contributed by atoms with van der Waals surface area (Å²) >= 11 is 1.71. The first kappa shape index (κ1) is 25.2. The van der Waals surface area contributed by atoms with Crippen molar-refractivity contribution in [3.8, 4) is 0 Å². The first-order valence-electron chi connectivity index (χ1n) is 13.9. The van der Waals surface area contributed by atoms with Crippen LogP contribution in [0.1, 0.15) is 102 Å². The number of nitrogens with one attached hydrogen (secondary N) is 1. The van der Waals surface area contributed by atoms with Crippen LogP contribution in [0.15, 0.2) is 11.4 Å². The van der Waals surface area contributed by atoms with Gasteiger partial charge in [0, 0.05) is 36.5 Å². The lowest BCUT2D eigenvalue weighted by Gasteiger charge is -2.59. The van der Waals surface area contributed by atoms with E-state index in [-0.39, 0.29) is 34.6 Å². The highest BCUT2D eigenvalue weighted by atomic mass is 32.1. The number of thiophene rings is 1. The summed E-state index contributed by atoms with van der Waals surface area (Å²) in [6.45, 7) is 11.3. The molecule has 35 heavy (non-hydrogen) atoms. The number of Topliss-reactive ketones (excluding diaryl/α,β-unsaturated/α-hetero) is 2. The van der Waals surface area contributed by atoms with Crippen molar-refractivity contribution in [3.05, 3.63) is 21.9 Å². The van der Waals surface area contributed by atoms with Gasteiger partial charge in [-0.3, -0.25) is 14.4 Å². The van der Waals surface area contributed by atoms with Crippen LogP contribution in [0, 0.1) is 53.3 Å². The van der Waals surface area contributed by atoms with Gasteiger partial charge >= 0.3 is 0 Å². The Hall–Kier alpha value is -1.49. The molecule has 4 fully saturated rings. The Morgan fingerprint density at radius 1 is 1.09 bits per heavy atom. The Balaban J connectivity index is 1.28. The van der Waals surface area contributed by atoms with Crippen LogP contribution in [0.2, 0.25) is 0 Å². The van der Waals surface area contributed by atoms with E-state index in [1.165, 1.54) is 10.4 Å². The zero-order valence-electron chi connectivity index (χ0n) is 22.2. The summed E-state index contributed by atoms with van der Waals surface area (Å²) in [6.07, 6.45) is 7.96. The number of aryl methyl sites for hydroxylation is 1. The van der Waals surface area contributed by atoms with Crippen LogP contribution in [0.3, 0.4) is 0 Å². The number of hydrogen-bond acceptors (Lipinski definition) is 4. The maximum atomic E-state index is 13.6. The van der Waals surface area contributed by atoms with E-state index in [0.29, 0.717) is 60.9 Å².